The third-order valence-electron chi connectivity index (χ3n) is 10.6. The van der Waals surface area contributed by atoms with E-state index in [4.69, 9.17) is 18.9 Å². The molecule has 6 rings (SSSR count). The zero-order chi connectivity index (χ0) is 41.8. The first-order valence-electron chi connectivity index (χ1n) is 19.4. The normalized spacial score (nSPS) is 19.4. The van der Waals surface area contributed by atoms with Crippen LogP contribution in [0.15, 0.2) is 29.1 Å². The summed E-state index contributed by atoms with van der Waals surface area (Å²) in [5.74, 6) is -3.80. The summed E-state index contributed by atoms with van der Waals surface area (Å²) in [4.78, 5) is 67.9. The number of ether oxygens (including phenoxy) is 4. The van der Waals surface area contributed by atoms with Gasteiger partial charge in [0.2, 0.25) is 5.88 Å². The van der Waals surface area contributed by atoms with E-state index in [-0.39, 0.29) is 54.4 Å². The van der Waals surface area contributed by atoms with Crippen LogP contribution in [0.1, 0.15) is 92.3 Å². The SMILES string of the molecule is CCc1cc(C)cc(CC)c1-c1c(OC(=O)C(C)(C)C)n2n(c1=O)CCOCC2.COCCOCc1nc(C(F)(F)F)ccc1C(=O)C1C(=O)C2CCC(C2)C1=O. The third-order valence-corrected chi connectivity index (χ3v) is 10.6. The van der Waals surface area contributed by atoms with E-state index in [1.807, 2.05) is 20.8 Å². The molecular weight excluding hydrogens is 747 g/mol. The molecule has 0 N–H and O–H groups in total. The monoisotopic (exact) mass is 799 g/mol. The number of carbonyl (C=O) groups excluding carboxylic acids is 4. The summed E-state index contributed by atoms with van der Waals surface area (Å²) >= 11 is 0. The number of methoxy groups -OCH3 is 1. The van der Waals surface area contributed by atoms with Crippen LogP contribution in [0.25, 0.3) is 11.1 Å². The van der Waals surface area contributed by atoms with E-state index in [9.17, 15) is 37.1 Å². The topological polar surface area (TPSA) is 145 Å². The number of Topliss-reactive ketones (excluding diaryl/α,β-unsaturated/α-hetero) is 3. The van der Waals surface area contributed by atoms with Crippen LogP contribution in [0.5, 0.6) is 5.88 Å². The van der Waals surface area contributed by atoms with Crippen molar-refractivity contribution in [1.29, 1.82) is 0 Å². The van der Waals surface area contributed by atoms with Crippen molar-refractivity contribution in [3.05, 3.63) is 68.3 Å². The predicted molar refractivity (Wildman–Crippen MR) is 203 cm³/mol. The van der Waals surface area contributed by atoms with E-state index < -0.39 is 40.6 Å². The summed E-state index contributed by atoms with van der Waals surface area (Å²) in [7, 11) is 1.44. The Morgan fingerprint density at radius 1 is 0.895 bits per heavy atom. The number of benzene rings is 1. The molecule has 2 fully saturated rings. The van der Waals surface area contributed by atoms with Crippen molar-refractivity contribution >= 4 is 23.3 Å². The summed E-state index contributed by atoms with van der Waals surface area (Å²) in [5.41, 5.74) is 2.39. The van der Waals surface area contributed by atoms with Crippen molar-refractivity contribution in [3.8, 4) is 17.0 Å². The highest BCUT2D eigenvalue weighted by Gasteiger charge is 2.50. The second-order valence-corrected chi connectivity index (χ2v) is 15.7. The fourth-order valence-corrected chi connectivity index (χ4v) is 7.63. The van der Waals surface area contributed by atoms with Gasteiger partial charge in [-0.05, 0) is 88.6 Å². The molecule has 15 heteroatoms. The molecule has 0 amide bonds. The van der Waals surface area contributed by atoms with Gasteiger partial charge in [-0.25, -0.2) is 14.3 Å². The maximum atomic E-state index is 13.5. The average molecular weight is 800 g/mol. The summed E-state index contributed by atoms with van der Waals surface area (Å²) in [6, 6.07) is 5.91. The molecule has 2 aromatic heterocycles. The molecule has 2 saturated carbocycles. The Morgan fingerprint density at radius 3 is 2.04 bits per heavy atom. The molecule has 2 aliphatic carbocycles. The van der Waals surface area contributed by atoms with Crippen molar-refractivity contribution in [2.45, 2.75) is 99.5 Å². The number of hydrogen-bond donors (Lipinski definition) is 0. The van der Waals surface area contributed by atoms with Crippen molar-refractivity contribution in [2.75, 3.05) is 33.5 Å². The van der Waals surface area contributed by atoms with Gasteiger partial charge in [0, 0.05) is 24.5 Å². The number of fused-ring (bicyclic) bond motifs is 3. The molecule has 1 aromatic carbocycles. The number of nitrogens with zero attached hydrogens (tertiary/aromatic N) is 3. The minimum atomic E-state index is -4.70. The third kappa shape index (κ3) is 9.47. The van der Waals surface area contributed by atoms with Crippen molar-refractivity contribution in [2.24, 2.45) is 23.2 Å². The van der Waals surface area contributed by atoms with Crippen LogP contribution < -0.4 is 10.3 Å². The molecule has 3 heterocycles. The van der Waals surface area contributed by atoms with Gasteiger partial charge in [-0.1, -0.05) is 31.5 Å². The smallest absolute Gasteiger partial charge is 0.407 e. The van der Waals surface area contributed by atoms with Gasteiger partial charge in [-0.3, -0.25) is 24.0 Å². The predicted octanol–water partition coefficient (Wildman–Crippen LogP) is 6.36. The maximum Gasteiger partial charge on any atom is 0.433 e. The van der Waals surface area contributed by atoms with E-state index in [2.05, 4.69) is 37.9 Å². The van der Waals surface area contributed by atoms with E-state index in [0.717, 1.165) is 35.6 Å². The van der Waals surface area contributed by atoms with Gasteiger partial charge in [0.25, 0.3) is 5.56 Å². The van der Waals surface area contributed by atoms with E-state index in [1.54, 1.807) is 9.36 Å². The highest BCUT2D eigenvalue weighted by Crippen LogP contribution is 2.42. The molecule has 1 aliphatic heterocycles. The molecule has 57 heavy (non-hydrogen) atoms. The average Bonchev–Trinajstić information content (AvgIpc) is 3.61. The highest BCUT2D eigenvalue weighted by molar-refractivity contribution is 6.26. The molecular formula is C42H52F3N3O9. The van der Waals surface area contributed by atoms with Crippen LogP contribution in [-0.2, 0) is 67.3 Å². The molecule has 12 nitrogen and oxygen atoms in total. The number of rotatable bonds is 11. The Balaban J connectivity index is 0.000000218. The van der Waals surface area contributed by atoms with Crippen molar-refractivity contribution < 1.29 is 51.3 Å². The lowest BCUT2D eigenvalue weighted by molar-refractivity contribution is -0.143. The Bertz CT molecular complexity index is 2010. The molecule has 2 unspecified atom stereocenters. The number of alkyl halides is 3. The van der Waals surface area contributed by atoms with Gasteiger partial charge in [-0.15, -0.1) is 0 Å². The van der Waals surface area contributed by atoms with Gasteiger partial charge in [0.05, 0.1) is 57.2 Å². The van der Waals surface area contributed by atoms with Crippen LogP contribution >= 0.6 is 0 Å². The number of aromatic nitrogens is 3. The maximum absolute atomic E-state index is 13.5. The fourth-order valence-electron chi connectivity index (χ4n) is 7.63. The van der Waals surface area contributed by atoms with Gasteiger partial charge in [-0.2, -0.15) is 13.2 Å². The quantitative estimate of drug-likeness (QED) is 0.0930. The number of pyridine rings is 1. The first kappa shape index (κ1) is 43.6. The standard InChI is InChI=1S/C23H32N2O4.C19H20F3NO5/c1-7-16-13-15(3)14-17(8-2)18(16)19-20(26)24-9-11-28-12-10-25(24)21(19)29-22(27)23(4,5)6;1-27-6-7-28-9-13-12(4-5-14(23-13)19(20,21)22)18(26)15-16(24)10-2-3-11(8-10)17(15)25/h13-14H,7-12H2,1-6H3;4-5,10-11,15H,2-3,6-9H2,1H3. The first-order valence-corrected chi connectivity index (χ1v) is 19.4. The molecule has 2 bridgehead atoms. The van der Waals surface area contributed by atoms with Crippen LogP contribution in [0.2, 0.25) is 0 Å². The van der Waals surface area contributed by atoms with E-state index in [1.165, 1.54) is 12.7 Å². The number of halogens is 3. The minimum absolute atomic E-state index is 0.0908. The van der Waals surface area contributed by atoms with Gasteiger partial charge in [0.15, 0.2) is 17.3 Å². The number of esters is 1. The Kier molecular flexibility index (Phi) is 13.8. The molecule has 0 spiro atoms. The summed E-state index contributed by atoms with van der Waals surface area (Å²) in [6.07, 6.45) is -1.51. The summed E-state index contributed by atoms with van der Waals surface area (Å²) < 4.78 is 64.0. The molecule has 2 atom stereocenters. The van der Waals surface area contributed by atoms with Crippen LogP contribution in [0.3, 0.4) is 0 Å². The zero-order valence-electron chi connectivity index (χ0n) is 33.7. The largest absolute Gasteiger partial charge is 0.433 e. The number of ketones is 3. The minimum Gasteiger partial charge on any atom is -0.407 e. The lowest BCUT2D eigenvalue weighted by Crippen LogP contribution is -2.42. The van der Waals surface area contributed by atoms with Crippen LogP contribution in [-0.4, -0.2) is 71.2 Å². The fraction of sp³-hybridized carbons (Fsp3) is 0.571. The lowest BCUT2D eigenvalue weighted by atomic mass is 9.75. The summed E-state index contributed by atoms with van der Waals surface area (Å²) in [6.45, 7) is 13.5. The van der Waals surface area contributed by atoms with Gasteiger partial charge in [0.1, 0.15) is 17.2 Å². The molecule has 3 aromatic rings. The molecule has 310 valence electrons. The molecule has 0 radical (unpaired) electrons. The lowest BCUT2D eigenvalue weighted by Gasteiger charge is -2.25. The van der Waals surface area contributed by atoms with Gasteiger partial charge < -0.3 is 18.9 Å². The molecule has 0 saturated heterocycles. The number of hydrogen-bond acceptors (Lipinski definition) is 10. The summed E-state index contributed by atoms with van der Waals surface area (Å²) in [5, 5.41) is 0. The second kappa shape index (κ2) is 18.0. The number of aryl methyl sites for hydroxylation is 3. The zero-order valence-corrected chi connectivity index (χ0v) is 33.7. The van der Waals surface area contributed by atoms with Gasteiger partial charge >= 0.3 is 12.1 Å². The van der Waals surface area contributed by atoms with Crippen molar-refractivity contribution in [3.63, 3.8) is 0 Å². The van der Waals surface area contributed by atoms with Crippen LogP contribution in [0.4, 0.5) is 13.2 Å². The highest BCUT2D eigenvalue weighted by atomic mass is 19.4. The van der Waals surface area contributed by atoms with E-state index >= 15 is 0 Å². The number of carbonyl (C=O) groups is 4. The van der Waals surface area contributed by atoms with E-state index in [0.29, 0.717) is 63.1 Å². The Morgan fingerprint density at radius 2 is 1.49 bits per heavy atom. The Hall–Kier alpha value is -4.47. The molecule has 3 aliphatic rings. The van der Waals surface area contributed by atoms with Crippen LogP contribution in [0, 0.1) is 30.1 Å². The Labute approximate surface area is 330 Å². The first-order chi connectivity index (χ1) is 26.9. The second-order valence-electron chi connectivity index (χ2n) is 15.7. The van der Waals surface area contributed by atoms with Crippen molar-refractivity contribution in [1.82, 2.24) is 14.3 Å².